The Morgan fingerprint density at radius 3 is 3.12 bits per heavy atom. The molecule has 2 rings (SSSR count). The topological polar surface area (TPSA) is 46.5 Å². The van der Waals surface area contributed by atoms with Gasteiger partial charge in [-0.2, -0.15) is 0 Å². The maximum absolute atomic E-state index is 10.8. The molecule has 3 nitrogen and oxygen atoms in total. The number of ether oxygens (including phenoxy) is 1. The summed E-state index contributed by atoms with van der Waals surface area (Å²) in [7, 11) is 0. The van der Waals surface area contributed by atoms with E-state index in [0.717, 1.165) is 13.0 Å². The van der Waals surface area contributed by atoms with E-state index in [2.05, 4.69) is 12.1 Å². The lowest BCUT2D eigenvalue weighted by Gasteiger charge is -2.26. The lowest BCUT2D eigenvalue weighted by Crippen LogP contribution is -2.20. The Kier molecular flexibility index (Phi) is 4.07. The summed E-state index contributed by atoms with van der Waals surface area (Å²) in [4.78, 5) is 10.8. The summed E-state index contributed by atoms with van der Waals surface area (Å²) < 4.78 is 5.72. The number of carboxylic acids is 1. The maximum Gasteiger partial charge on any atom is 0.316 e. The van der Waals surface area contributed by atoms with Crippen molar-refractivity contribution < 1.29 is 14.6 Å². The van der Waals surface area contributed by atoms with Gasteiger partial charge in [-0.05, 0) is 24.5 Å². The predicted octanol–water partition coefficient (Wildman–Crippen LogP) is 2.51. The summed E-state index contributed by atoms with van der Waals surface area (Å²) in [6.07, 6.45) is 0.984. The van der Waals surface area contributed by atoms with E-state index < -0.39 is 5.97 Å². The number of aliphatic carboxylic acids is 1. The van der Waals surface area contributed by atoms with Crippen LogP contribution in [0.3, 0.4) is 0 Å². The average Bonchev–Trinajstić information content (AvgIpc) is 2.35. The molecule has 0 saturated carbocycles. The molecule has 2 atom stereocenters. The third kappa shape index (κ3) is 3.01. The summed E-state index contributed by atoms with van der Waals surface area (Å²) in [6, 6.07) is 8.24. The van der Waals surface area contributed by atoms with Gasteiger partial charge in [0.15, 0.2) is 0 Å². The van der Waals surface area contributed by atoms with Crippen molar-refractivity contribution in [3.05, 3.63) is 35.4 Å². The number of carbonyl (C=O) groups is 1. The van der Waals surface area contributed by atoms with Crippen molar-refractivity contribution in [1.29, 1.82) is 0 Å². The second-order valence-corrected chi connectivity index (χ2v) is 5.50. The van der Waals surface area contributed by atoms with Gasteiger partial charge in [-0.3, -0.25) is 4.79 Å². The fourth-order valence-electron chi connectivity index (χ4n) is 1.92. The van der Waals surface area contributed by atoms with E-state index in [1.165, 1.54) is 22.9 Å². The van der Waals surface area contributed by atoms with Gasteiger partial charge >= 0.3 is 5.97 Å². The molecule has 0 bridgehead atoms. The summed E-state index contributed by atoms with van der Waals surface area (Å²) in [5.41, 5.74) is 2.54. The predicted molar refractivity (Wildman–Crippen MR) is 68.4 cm³/mol. The van der Waals surface area contributed by atoms with Crippen LogP contribution >= 0.6 is 11.8 Å². The Balaban J connectivity index is 2.01. The van der Waals surface area contributed by atoms with E-state index in [4.69, 9.17) is 9.84 Å². The van der Waals surface area contributed by atoms with Crippen LogP contribution in [0.5, 0.6) is 0 Å². The molecule has 1 N–H and O–H groups in total. The lowest BCUT2D eigenvalue weighted by atomic mass is 9.99. The second kappa shape index (κ2) is 5.56. The highest BCUT2D eigenvalue weighted by atomic mass is 32.2. The first-order valence-electron chi connectivity index (χ1n) is 5.72. The van der Waals surface area contributed by atoms with E-state index >= 15 is 0 Å². The van der Waals surface area contributed by atoms with Gasteiger partial charge in [0.05, 0.1) is 18.0 Å². The first-order valence-corrected chi connectivity index (χ1v) is 6.77. The van der Waals surface area contributed by atoms with Crippen molar-refractivity contribution in [2.75, 3.05) is 12.4 Å². The van der Waals surface area contributed by atoms with Crippen molar-refractivity contribution in [1.82, 2.24) is 0 Å². The molecule has 0 fully saturated rings. The smallest absolute Gasteiger partial charge is 0.316 e. The summed E-state index contributed by atoms with van der Waals surface area (Å²) in [5.74, 6) is -0.0658. The van der Waals surface area contributed by atoms with Crippen LogP contribution in [0.25, 0.3) is 0 Å². The highest BCUT2D eigenvalue weighted by molar-refractivity contribution is 8.00. The zero-order valence-corrected chi connectivity index (χ0v) is 10.6. The van der Waals surface area contributed by atoms with Gasteiger partial charge in [-0.25, -0.2) is 0 Å². The van der Waals surface area contributed by atoms with Gasteiger partial charge < -0.3 is 9.84 Å². The molecule has 1 aliphatic rings. The Hall–Kier alpha value is -1.00. The first kappa shape index (κ1) is 12.5. The van der Waals surface area contributed by atoms with Gasteiger partial charge in [-0.1, -0.05) is 24.3 Å². The zero-order chi connectivity index (χ0) is 12.3. The zero-order valence-electron chi connectivity index (χ0n) is 9.76. The molecule has 0 radical (unpaired) electrons. The van der Waals surface area contributed by atoms with Crippen molar-refractivity contribution in [2.45, 2.75) is 24.7 Å². The van der Waals surface area contributed by atoms with E-state index in [1.807, 2.05) is 12.1 Å². The van der Waals surface area contributed by atoms with Crippen LogP contribution in [-0.2, 0) is 16.0 Å². The number of hydrogen-bond donors (Lipinski definition) is 1. The first-order chi connectivity index (χ1) is 8.18. The molecule has 2 unspecified atom stereocenters. The van der Waals surface area contributed by atoms with Crippen LogP contribution in [0, 0.1) is 0 Å². The van der Waals surface area contributed by atoms with E-state index in [0.29, 0.717) is 5.75 Å². The molecule has 4 heteroatoms. The summed E-state index contributed by atoms with van der Waals surface area (Å²) >= 11 is 1.43. The molecule has 0 amide bonds. The number of carboxylic acid groups (broad SMARTS) is 1. The second-order valence-electron chi connectivity index (χ2n) is 4.12. The number of hydrogen-bond acceptors (Lipinski definition) is 3. The lowest BCUT2D eigenvalue weighted by molar-refractivity contribution is -0.136. The maximum atomic E-state index is 10.8. The van der Waals surface area contributed by atoms with Crippen LogP contribution in [-0.4, -0.2) is 28.7 Å². The average molecular weight is 252 g/mol. The summed E-state index contributed by atoms with van der Waals surface area (Å²) in [6.45, 7) is 2.44. The Morgan fingerprint density at radius 2 is 2.35 bits per heavy atom. The fourth-order valence-corrected chi connectivity index (χ4v) is 2.80. The highest BCUT2D eigenvalue weighted by Gasteiger charge is 2.22. The normalized spacial score (nSPS) is 20.6. The van der Waals surface area contributed by atoms with Gasteiger partial charge in [0.2, 0.25) is 0 Å². The Labute approximate surface area is 105 Å². The monoisotopic (exact) mass is 252 g/mol. The van der Waals surface area contributed by atoms with E-state index in [-0.39, 0.29) is 11.4 Å². The molecule has 0 spiro atoms. The summed E-state index contributed by atoms with van der Waals surface area (Å²) in [5, 5.41) is 8.46. The van der Waals surface area contributed by atoms with Crippen LogP contribution in [0.15, 0.2) is 24.3 Å². The minimum absolute atomic E-state index is 0.0340. The highest BCUT2D eigenvalue weighted by Crippen LogP contribution is 2.30. The van der Waals surface area contributed by atoms with Crippen molar-refractivity contribution in [2.24, 2.45) is 0 Å². The third-order valence-electron chi connectivity index (χ3n) is 2.94. The van der Waals surface area contributed by atoms with Crippen LogP contribution in [0.4, 0.5) is 0 Å². The number of fused-ring (bicyclic) bond motifs is 1. The standard InChI is InChI=1S/C13H16O3S/c1-9(13(14)15)17-8-12-11-5-3-2-4-10(11)6-7-16-12/h2-5,9,12H,6-8H2,1H3,(H,14,15). The molecule has 0 aromatic heterocycles. The quantitative estimate of drug-likeness (QED) is 0.894. The van der Waals surface area contributed by atoms with Gasteiger partial charge in [0.25, 0.3) is 0 Å². The molecule has 92 valence electrons. The molecule has 1 aliphatic heterocycles. The van der Waals surface area contributed by atoms with Gasteiger partial charge in [0.1, 0.15) is 0 Å². The molecule has 0 aliphatic carbocycles. The van der Waals surface area contributed by atoms with Crippen LogP contribution in [0.1, 0.15) is 24.2 Å². The molecule has 1 aromatic rings. The molecule has 1 aromatic carbocycles. The number of benzene rings is 1. The van der Waals surface area contributed by atoms with Crippen molar-refractivity contribution in [3.63, 3.8) is 0 Å². The fraction of sp³-hybridized carbons (Fsp3) is 0.462. The van der Waals surface area contributed by atoms with Crippen molar-refractivity contribution in [3.8, 4) is 0 Å². The van der Waals surface area contributed by atoms with E-state index in [1.54, 1.807) is 6.92 Å². The molecular formula is C13H16O3S. The molecule has 1 heterocycles. The minimum Gasteiger partial charge on any atom is -0.480 e. The molecular weight excluding hydrogens is 236 g/mol. The Morgan fingerprint density at radius 1 is 1.59 bits per heavy atom. The van der Waals surface area contributed by atoms with Gasteiger partial charge in [0, 0.05) is 5.75 Å². The van der Waals surface area contributed by atoms with E-state index in [9.17, 15) is 4.79 Å². The third-order valence-corrected chi connectivity index (χ3v) is 4.13. The van der Waals surface area contributed by atoms with Gasteiger partial charge in [-0.15, -0.1) is 11.8 Å². The Bertz CT molecular complexity index is 405. The van der Waals surface area contributed by atoms with Crippen molar-refractivity contribution >= 4 is 17.7 Å². The largest absolute Gasteiger partial charge is 0.480 e. The molecule has 17 heavy (non-hydrogen) atoms. The SMILES string of the molecule is CC(SCC1OCCc2ccccc21)C(=O)O. The number of rotatable bonds is 4. The molecule has 0 saturated heterocycles. The minimum atomic E-state index is -0.765. The van der Waals surface area contributed by atoms with Crippen LogP contribution in [0.2, 0.25) is 0 Å². The number of thioether (sulfide) groups is 1. The van der Waals surface area contributed by atoms with Crippen LogP contribution < -0.4 is 0 Å².